The number of anilines is 1. The van der Waals surface area contributed by atoms with E-state index in [1.165, 1.54) is 22.6 Å². The molecule has 0 radical (unpaired) electrons. The molecule has 0 fully saturated rings. The van der Waals surface area contributed by atoms with Gasteiger partial charge in [-0.25, -0.2) is 4.98 Å². The molecule has 0 aromatic carbocycles. The lowest BCUT2D eigenvalue weighted by atomic mass is 10.1. The summed E-state index contributed by atoms with van der Waals surface area (Å²) in [4.78, 5) is 17.0. The van der Waals surface area contributed by atoms with Gasteiger partial charge in [0.05, 0.1) is 11.1 Å². The second-order valence-electron chi connectivity index (χ2n) is 6.71. The molecule has 1 unspecified atom stereocenters. The average Bonchev–Trinajstić information content (AvgIpc) is 2.94. The van der Waals surface area contributed by atoms with Gasteiger partial charge in [0.15, 0.2) is 5.13 Å². The standard InChI is InChI=1S/C19H20Cl2N4OS/c1-11-10-27-19(23-11)24-18(26)9-25-16-3-5-22-4-2-14(16)15-7-12(20)6-13(21)8-17(15)25/h6-8,10,13,22H,2-5,9H2,1H3,(H,23,24,26). The molecule has 142 valence electrons. The van der Waals surface area contributed by atoms with E-state index >= 15 is 0 Å². The van der Waals surface area contributed by atoms with Gasteiger partial charge >= 0.3 is 0 Å². The fraction of sp³-hybridized carbons (Fsp3) is 0.368. The lowest BCUT2D eigenvalue weighted by Crippen LogP contribution is -2.35. The molecule has 2 aliphatic rings. The summed E-state index contributed by atoms with van der Waals surface area (Å²) in [5.74, 6) is -0.0926. The smallest absolute Gasteiger partial charge is 0.246 e. The number of aromatic nitrogens is 2. The second kappa shape index (κ2) is 7.80. The Morgan fingerprint density at radius 1 is 1.41 bits per heavy atom. The topological polar surface area (TPSA) is 59.0 Å². The summed E-state index contributed by atoms with van der Waals surface area (Å²) >= 11 is 14.2. The number of carbonyl (C=O) groups is 1. The summed E-state index contributed by atoms with van der Waals surface area (Å²) in [5.41, 5.74) is 3.33. The summed E-state index contributed by atoms with van der Waals surface area (Å²) in [7, 11) is 0. The minimum absolute atomic E-state index is 0.0926. The Morgan fingerprint density at radius 2 is 2.22 bits per heavy atom. The predicted octanol–water partition coefficient (Wildman–Crippen LogP) is 1.88. The molecular formula is C19H20Cl2N4OS. The molecule has 2 N–H and O–H groups in total. The minimum atomic E-state index is -0.310. The number of nitrogens with zero attached hydrogens (tertiary/aromatic N) is 2. The molecule has 1 amide bonds. The Morgan fingerprint density at radius 3 is 3.00 bits per heavy atom. The number of carbonyl (C=O) groups excluding carboxylic acids is 1. The summed E-state index contributed by atoms with van der Waals surface area (Å²) < 4.78 is 2.09. The number of fused-ring (bicyclic) bond motifs is 3. The van der Waals surface area contributed by atoms with E-state index in [1.807, 2.05) is 30.5 Å². The van der Waals surface area contributed by atoms with Crippen molar-refractivity contribution < 1.29 is 4.79 Å². The van der Waals surface area contributed by atoms with Crippen LogP contribution in [0.4, 0.5) is 5.13 Å². The molecule has 0 spiro atoms. The van der Waals surface area contributed by atoms with Crippen LogP contribution in [0.25, 0.3) is 12.2 Å². The van der Waals surface area contributed by atoms with Gasteiger partial charge in [-0.15, -0.1) is 22.9 Å². The van der Waals surface area contributed by atoms with Gasteiger partial charge in [0.2, 0.25) is 5.91 Å². The summed E-state index contributed by atoms with van der Waals surface area (Å²) in [6.07, 6.45) is 7.53. The molecule has 2 aromatic rings. The summed E-state index contributed by atoms with van der Waals surface area (Å²) in [6.45, 7) is 3.93. The molecule has 0 saturated carbocycles. The molecule has 3 heterocycles. The van der Waals surface area contributed by atoms with Gasteiger partial charge in [0.1, 0.15) is 6.54 Å². The first-order valence-electron chi connectivity index (χ1n) is 8.89. The zero-order valence-corrected chi connectivity index (χ0v) is 17.2. The lowest BCUT2D eigenvalue weighted by molar-refractivity contribution is -0.116. The number of allylic oxidation sites excluding steroid dienone is 2. The van der Waals surface area contributed by atoms with Crippen LogP contribution in [0.2, 0.25) is 0 Å². The van der Waals surface area contributed by atoms with E-state index in [1.54, 1.807) is 0 Å². The number of nitrogens with one attached hydrogen (secondary N) is 2. The van der Waals surface area contributed by atoms with Crippen LogP contribution in [0.15, 0.2) is 16.5 Å². The van der Waals surface area contributed by atoms with E-state index in [2.05, 4.69) is 20.2 Å². The third-order valence-electron chi connectivity index (χ3n) is 4.74. The van der Waals surface area contributed by atoms with Crippen LogP contribution in [0, 0.1) is 6.92 Å². The van der Waals surface area contributed by atoms with Crippen molar-refractivity contribution in [1.82, 2.24) is 14.9 Å². The molecule has 8 heteroatoms. The van der Waals surface area contributed by atoms with Crippen LogP contribution >= 0.6 is 34.5 Å². The predicted molar refractivity (Wildman–Crippen MR) is 112 cm³/mol. The Balaban J connectivity index is 1.76. The Bertz CT molecular complexity index is 1040. The van der Waals surface area contributed by atoms with Crippen LogP contribution in [0.3, 0.4) is 0 Å². The van der Waals surface area contributed by atoms with Crippen molar-refractivity contribution in [2.24, 2.45) is 0 Å². The highest BCUT2D eigenvalue weighted by Gasteiger charge is 2.20. The van der Waals surface area contributed by atoms with Gasteiger partial charge in [0, 0.05) is 39.6 Å². The first kappa shape index (κ1) is 18.7. The number of hydrogen-bond acceptors (Lipinski definition) is 4. The molecule has 1 aliphatic heterocycles. The van der Waals surface area contributed by atoms with E-state index in [0.29, 0.717) is 10.2 Å². The zero-order chi connectivity index (χ0) is 19.0. The first-order valence-corrected chi connectivity index (χ1v) is 10.6. The largest absolute Gasteiger partial charge is 0.335 e. The number of amides is 1. The van der Waals surface area contributed by atoms with E-state index in [9.17, 15) is 4.79 Å². The normalized spacial score (nSPS) is 18.9. The molecular weight excluding hydrogens is 403 g/mol. The van der Waals surface area contributed by atoms with Crippen LogP contribution in [-0.4, -0.2) is 33.9 Å². The lowest BCUT2D eigenvalue weighted by Gasteiger charge is -2.10. The van der Waals surface area contributed by atoms with Gasteiger partial charge in [-0.05, 0) is 43.7 Å². The van der Waals surface area contributed by atoms with Crippen molar-refractivity contribution in [3.8, 4) is 0 Å². The maximum Gasteiger partial charge on any atom is 0.246 e. The maximum atomic E-state index is 12.7. The molecule has 5 nitrogen and oxygen atoms in total. The molecule has 1 aliphatic carbocycles. The molecule has 4 rings (SSSR count). The third-order valence-corrected chi connectivity index (χ3v) is 6.10. The van der Waals surface area contributed by atoms with Crippen molar-refractivity contribution in [3.05, 3.63) is 44.0 Å². The number of thiazole rings is 1. The van der Waals surface area contributed by atoms with Crippen molar-refractivity contribution >= 4 is 57.7 Å². The van der Waals surface area contributed by atoms with Gasteiger partial charge in [-0.3, -0.25) is 4.79 Å². The fourth-order valence-electron chi connectivity index (χ4n) is 3.65. The van der Waals surface area contributed by atoms with Gasteiger partial charge in [-0.1, -0.05) is 11.6 Å². The van der Waals surface area contributed by atoms with Crippen molar-refractivity contribution in [1.29, 1.82) is 0 Å². The number of alkyl halides is 1. The van der Waals surface area contributed by atoms with E-state index < -0.39 is 0 Å². The van der Waals surface area contributed by atoms with Crippen molar-refractivity contribution in [2.45, 2.75) is 31.7 Å². The molecule has 2 aromatic heterocycles. The monoisotopic (exact) mass is 422 g/mol. The number of rotatable bonds is 3. The highest BCUT2D eigenvalue weighted by Crippen LogP contribution is 2.17. The van der Waals surface area contributed by atoms with Gasteiger partial charge in [-0.2, -0.15) is 0 Å². The summed E-state index contributed by atoms with van der Waals surface area (Å²) in [6, 6.07) is 0. The fourth-order valence-corrected chi connectivity index (χ4v) is 4.91. The highest BCUT2D eigenvalue weighted by molar-refractivity contribution is 7.13. The zero-order valence-electron chi connectivity index (χ0n) is 14.9. The van der Waals surface area contributed by atoms with E-state index in [4.69, 9.17) is 23.2 Å². The molecule has 0 bridgehead atoms. The minimum Gasteiger partial charge on any atom is -0.335 e. The first-order chi connectivity index (χ1) is 13.0. The average molecular weight is 423 g/mol. The van der Waals surface area contributed by atoms with Crippen molar-refractivity contribution in [2.75, 3.05) is 18.4 Å². The molecule has 27 heavy (non-hydrogen) atoms. The van der Waals surface area contributed by atoms with Crippen LogP contribution in [0.5, 0.6) is 0 Å². The van der Waals surface area contributed by atoms with Crippen LogP contribution < -0.4 is 21.2 Å². The molecule has 1 atom stereocenters. The van der Waals surface area contributed by atoms with Crippen LogP contribution in [-0.2, 0) is 24.2 Å². The SMILES string of the molecule is Cc1csc(NC(=O)Cn2c3c(c4c2=CC(Cl)C=C(Cl)C=4)CCNCC3)n1. The maximum absolute atomic E-state index is 12.7. The number of hydrogen-bond donors (Lipinski definition) is 2. The van der Waals surface area contributed by atoms with E-state index in [0.717, 1.165) is 42.2 Å². The van der Waals surface area contributed by atoms with Crippen LogP contribution in [0.1, 0.15) is 17.0 Å². The quantitative estimate of drug-likeness (QED) is 0.742. The Labute approximate surface area is 171 Å². The summed E-state index contributed by atoms with van der Waals surface area (Å²) in [5, 5.41) is 11.2. The Kier molecular flexibility index (Phi) is 5.41. The second-order valence-corrected chi connectivity index (χ2v) is 8.51. The highest BCUT2D eigenvalue weighted by atomic mass is 35.5. The Hall–Kier alpha value is -1.60. The number of halogens is 2. The third kappa shape index (κ3) is 3.99. The number of aryl methyl sites for hydroxylation is 1. The van der Waals surface area contributed by atoms with Crippen molar-refractivity contribution in [3.63, 3.8) is 0 Å². The van der Waals surface area contributed by atoms with Gasteiger partial charge in [0.25, 0.3) is 0 Å². The van der Waals surface area contributed by atoms with Gasteiger partial charge < -0.3 is 15.2 Å². The van der Waals surface area contributed by atoms with E-state index in [-0.39, 0.29) is 17.8 Å². The molecule has 0 saturated heterocycles.